The van der Waals surface area contributed by atoms with E-state index in [1.165, 1.54) is 0 Å². The third-order valence-corrected chi connectivity index (χ3v) is 3.84. The molecule has 1 amide bonds. The normalized spacial score (nSPS) is 11.3. The van der Waals surface area contributed by atoms with Gasteiger partial charge in [-0.2, -0.15) is 0 Å². The first-order chi connectivity index (χ1) is 13.7. The molecule has 0 saturated carbocycles. The highest BCUT2D eigenvalue weighted by atomic mass is 16.5. The van der Waals surface area contributed by atoms with Crippen LogP contribution < -0.4 is 16.0 Å². The number of aliphatic imine (C=N–C) groups is 1. The summed E-state index contributed by atoms with van der Waals surface area (Å²) in [6.07, 6.45) is 2.24. The molecule has 1 aromatic rings. The Bertz CT molecular complexity index is 579. The van der Waals surface area contributed by atoms with E-state index in [-0.39, 0.29) is 5.91 Å². The van der Waals surface area contributed by atoms with Gasteiger partial charge in [-0.25, -0.2) is 4.99 Å². The molecule has 0 aliphatic carbocycles. The molecule has 0 aromatic heterocycles. The summed E-state index contributed by atoms with van der Waals surface area (Å²) >= 11 is 0. The lowest BCUT2D eigenvalue weighted by atomic mass is 10.1. The zero-order valence-corrected chi connectivity index (χ0v) is 17.6. The maximum absolute atomic E-state index is 11.9. The number of hydrogen-bond acceptors (Lipinski definition) is 4. The van der Waals surface area contributed by atoms with E-state index >= 15 is 0 Å². The first-order valence-electron chi connectivity index (χ1n) is 10.3. The largest absolute Gasteiger partial charge is 0.379 e. The van der Waals surface area contributed by atoms with Gasteiger partial charge in [0.25, 0.3) is 5.91 Å². The van der Waals surface area contributed by atoms with Gasteiger partial charge in [0.2, 0.25) is 0 Å². The number of unbranched alkanes of at least 4 members (excludes halogenated alkanes) is 1. The fourth-order valence-electron chi connectivity index (χ4n) is 2.40. The van der Waals surface area contributed by atoms with Crippen LogP contribution >= 0.6 is 0 Å². The lowest BCUT2D eigenvalue weighted by molar-refractivity contribution is 0.0487. The number of rotatable bonds is 14. The van der Waals surface area contributed by atoms with Gasteiger partial charge < -0.3 is 25.4 Å². The number of amides is 1. The van der Waals surface area contributed by atoms with Gasteiger partial charge in [-0.1, -0.05) is 25.5 Å². The lowest BCUT2D eigenvalue weighted by Crippen LogP contribution is -2.39. The molecule has 0 heterocycles. The van der Waals surface area contributed by atoms with E-state index in [0.29, 0.717) is 45.0 Å². The number of carbonyl (C=O) groups is 1. The number of carbonyl (C=O) groups excluding carboxylic acids is 1. The molecular weight excluding hydrogens is 356 g/mol. The Labute approximate surface area is 169 Å². The van der Waals surface area contributed by atoms with Crippen molar-refractivity contribution in [1.82, 2.24) is 16.0 Å². The molecule has 1 aromatic carbocycles. The Hall–Kier alpha value is -2.12. The molecule has 0 aliphatic heterocycles. The lowest BCUT2D eigenvalue weighted by Gasteiger charge is -2.12. The molecule has 0 unspecified atom stereocenters. The van der Waals surface area contributed by atoms with Crippen molar-refractivity contribution in [2.75, 3.05) is 46.1 Å². The molecule has 1 rings (SSSR count). The van der Waals surface area contributed by atoms with Crippen LogP contribution in [0.25, 0.3) is 0 Å². The van der Waals surface area contributed by atoms with Crippen LogP contribution in [0.15, 0.2) is 29.3 Å². The van der Waals surface area contributed by atoms with Crippen LogP contribution in [0.2, 0.25) is 0 Å². The highest BCUT2D eigenvalue weighted by Gasteiger charge is 2.05. The SMILES string of the molecule is CCCCOCCOCCNC(=NCc1cccc(C(=O)NCC)c1)NCC. The summed E-state index contributed by atoms with van der Waals surface area (Å²) < 4.78 is 11.0. The second-order valence-corrected chi connectivity index (χ2v) is 6.26. The van der Waals surface area contributed by atoms with Crippen molar-refractivity contribution in [3.05, 3.63) is 35.4 Å². The van der Waals surface area contributed by atoms with Crippen molar-refractivity contribution in [1.29, 1.82) is 0 Å². The summed E-state index contributed by atoms with van der Waals surface area (Å²) in [6, 6.07) is 7.54. The van der Waals surface area contributed by atoms with Gasteiger partial charge in [-0.3, -0.25) is 4.79 Å². The van der Waals surface area contributed by atoms with Crippen molar-refractivity contribution >= 4 is 11.9 Å². The van der Waals surface area contributed by atoms with Crippen LogP contribution in [0.3, 0.4) is 0 Å². The predicted molar refractivity (Wildman–Crippen MR) is 114 cm³/mol. The van der Waals surface area contributed by atoms with Gasteiger partial charge in [0.1, 0.15) is 0 Å². The standard InChI is InChI=1S/C21H36N4O3/c1-4-7-12-27-14-15-28-13-11-24-21(23-6-3)25-17-18-9-8-10-19(16-18)20(26)22-5-2/h8-10,16H,4-7,11-15,17H2,1-3H3,(H,22,26)(H2,23,24,25). The highest BCUT2D eigenvalue weighted by Crippen LogP contribution is 2.06. The number of benzene rings is 1. The second kappa shape index (κ2) is 15.9. The first-order valence-corrected chi connectivity index (χ1v) is 10.3. The van der Waals surface area contributed by atoms with E-state index in [1.807, 2.05) is 38.1 Å². The van der Waals surface area contributed by atoms with E-state index in [0.717, 1.165) is 37.5 Å². The third-order valence-electron chi connectivity index (χ3n) is 3.84. The minimum absolute atomic E-state index is 0.0609. The van der Waals surface area contributed by atoms with Crippen LogP contribution in [0.5, 0.6) is 0 Å². The summed E-state index contributed by atoms with van der Waals surface area (Å²) in [7, 11) is 0. The van der Waals surface area contributed by atoms with Gasteiger partial charge in [0, 0.05) is 31.8 Å². The minimum Gasteiger partial charge on any atom is -0.379 e. The average Bonchev–Trinajstić information content (AvgIpc) is 2.71. The van der Waals surface area contributed by atoms with Gasteiger partial charge in [0.15, 0.2) is 5.96 Å². The number of hydrogen-bond donors (Lipinski definition) is 3. The van der Waals surface area contributed by atoms with E-state index in [1.54, 1.807) is 0 Å². The molecule has 7 heteroatoms. The van der Waals surface area contributed by atoms with Gasteiger partial charge in [-0.15, -0.1) is 0 Å². The summed E-state index contributed by atoms with van der Waals surface area (Å²) in [5.41, 5.74) is 1.64. The van der Waals surface area contributed by atoms with Gasteiger partial charge in [-0.05, 0) is 38.0 Å². The monoisotopic (exact) mass is 392 g/mol. The number of nitrogens with one attached hydrogen (secondary N) is 3. The third kappa shape index (κ3) is 10.9. The fourth-order valence-corrected chi connectivity index (χ4v) is 2.40. The maximum Gasteiger partial charge on any atom is 0.251 e. The molecule has 0 spiro atoms. The number of ether oxygens (including phenoxy) is 2. The Morgan fingerprint density at radius 3 is 2.43 bits per heavy atom. The van der Waals surface area contributed by atoms with Crippen LogP contribution in [0.1, 0.15) is 49.5 Å². The molecule has 0 radical (unpaired) electrons. The van der Waals surface area contributed by atoms with Crippen molar-refractivity contribution in [2.24, 2.45) is 4.99 Å². The molecule has 0 atom stereocenters. The van der Waals surface area contributed by atoms with Crippen molar-refractivity contribution in [2.45, 2.75) is 40.2 Å². The molecule has 0 bridgehead atoms. The van der Waals surface area contributed by atoms with E-state index in [4.69, 9.17) is 9.47 Å². The summed E-state index contributed by atoms with van der Waals surface area (Å²) in [6.45, 7) is 11.3. The molecule has 0 saturated heterocycles. The molecule has 0 aliphatic rings. The van der Waals surface area contributed by atoms with Gasteiger partial charge >= 0.3 is 0 Å². The van der Waals surface area contributed by atoms with Crippen molar-refractivity contribution in [3.8, 4) is 0 Å². The average molecular weight is 393 g/mol. The Morgan fingerprint density at radius 2 is 1.71 bits per heavy atom. The summed E-state index contributed by atoms with van der Waals surface area (Å²) in [4.78, 5) is 16.5. The summed E-state index contributed by atoms with van der Waals surface area (Å²) in [5.74, 6) is 0.669. The fraction of sp³-hybridized carbons (Fsp3) is 0.619. The predicted octanol–water partition coefficient (Wildman–Crippen LogP) is 2.32. The minimum atomic E-state index is -0.0609. The second-order valence-electron chi connectivity index (χ2n) is 6.26. The van der Waals surface area contributed by atoms with Crippen molar-refractivity contribution in [3.63, 3.8) is 0 Å². The smallest absolute Gasteiger partial charge is 0.251 e. The summed E-state index contributed by atoms with van der Waals surface area (Å²) in [5, 5.41) is 9.28. The Kier molecular flexibility index (Phi) is 13.6. The van der Waals surface area contributed by atoms with Crippen LogP contribution in [0.4, 0.5) is 0 Å². The topological polar surface area (TPSA) is 84.0 Å². The van der Waals surface area contributed by atoms with Crippen LogP contribution in [-0.4, -0.2) is 57.9 Å². The number of guanidine groups is 1. The molecule has 3 N–H and O–H groups in total. The van der Waals surface area contributed by atoms with Gasteiger partial charge in [0.05, 0.1) is 26.4 Å². The quantitative estimate of drug-likeness (QED) is 0.257. The zero-order chi connectivity index (χ0) is 20.5. The van der Waals surface area contributed by atoms with Crippen LogP contribution in [-0.2, 0) is 16.0 Å². The van der Waals surface area contributed by atoms with Crippen molar-refractivity contribution < 1.29 is 14.3 Å². The molecule has 158 valence electrons. The van der Waals surface area contributed by atoms with E-state index in [2.05, 4.69) is 27.9 Å². The zero-order valence-electron chi connectivity index (χ0n) is 17.6. The van der Waals surface area contributed by atoms with Crippen LogP contribution in [0, 0.1) is 0 Å². The van der Waals surface area contributed by atoms with E-state index < -0.39 is 0 Å². The Morgan fingerprint density at radius 1 is 0.964 bits per heavy atom. The molecule has 0 fully saturated rings. The highest BCUT2D eigenvalue weighted by molar-refractivity contribution is 5.94. The molecular formula is C21H36N4O3. The van der Waals surface area contributed by atoms with E-state index in [9.17, 15) is 4.79 Å². The Balaban J connectivity index is 2.37. The molecule has 7 nitrogen and oxygen atoms in total. The first kappa shape index (κ1) is 23.9. The maximum atomic E-state index is 11.9. The number of nitrogens with zero attached hydrogens (tertiary/aromatic N) is 1. The molecule has 28 heavy (non-hydrogen) atoms.